The van der Waals surface area contributed by atoms with E-state index < -0.39 is 29.7 Å². The number of carboxylic acid groups (broad SMARTS) is 2. The van der Waals surface area contributed by atoms with E-state index in [0.717, 1.165) is 57.8 Å². The second-order valence-electron chi connectivity index (χ2n) is 15.5. The van der Waals surface area contributed by atoms with Gasteiger partial charge in [0.2, 0.25) is 0 Å². The van der Waals surface area contributed by atoms with Crippen molar-refractivity contribution in [1.29, 1.82) is 0 Å². The predicted molar refractivity (Wildman–Crippen MR) is 149 cm³/mol. The van der Waals surface area contributed by atoms with E-state index >= 15 is 0 Å². The third-order valence-electron chi connectivity index (χ3n) is 13.9. The monoisotopic (exact) mass is 542 g/mol. The van der Waals surface area contributed by atoms with Gasteiger partial charge < -0.3 is 14.9 Å². The molecule has 4 saturated carbocycles. The first-order chi connectivity index (χ1) is 18.0. The fourth-order valence-electron chi connectivity index (χ4n) is 11.4. The van der Waals surface area contributed by atoms with Crippen LogP contribution in [0, 0.1) is 56.7 Å². The Morgan fingerprint density at radius 2 is 1.59 bits per heavy atom. The highest BCUT2D eigenvalue weighted by atomic mass is 16.5. The molecule has 5 aliphatic rings. The second-order valence-corrected chi connectivity index (χ2v) is 15.5. The third-order valence-corrected chi connectivity index (χ3v) is 13.9. The molecule has 5 rings (SSSR count). The summed E-state index contributed by atoms with van der Waals surface area (Å²) >= 11 is 0. The van der Waals surface area contributed by atoms with Gasteiger partial charge in [-0.3, -0.25) is 14.4 Å². The summed E-state index contributed by atoms with van der Waals surface area (Å²) in [5, 5.41) is 19.7. The number of carbonyl (C=O) groups is 3. The van der Waals surface area contributed by atoms with Crippen molar-refractivity contribution >= 4 is 17.9 Å². The Balaban J connectivity index is 1.50. The average Bonchev–Trinajstić information content (AvgIpc) is 2.83. The zero-order chi connectivity index (χ0) is 28.8. The SMILES string of the molecule is C[C@@H]1CC[C@]2(C(=O)O)CC[C@]3(C)C(=CCC4[C@@]5(C)CCC(OC(=O)CC(=O)O)C(C)(C)C5CC[C@]43C)C2[C@H]1C. The molecule has 0 amide bonds. The van der Waals surface area contributed by atoms with E-state index in [9.17, 15) is 19.5 Å². The second kappa shape index (κ2) is 9.08. The van der Waals surface area contributed by atoms with Gasteiger partial charge in [0.1, 0.15) is 12.5 Å². The quantitative estimate of drug-likeness (QED) is 0.223. The molecule has 6 nitrogen and oxygen atoms in total. The summed E-state index contributed by atoms with van der Waals surface area (Å²) in [7, 11) is 0. The Hall–Kier alpha value is -1.85. The Kier molecular flexibility index (Phi) is 6.67. The van der Waals surface area contributed by atoms with Gasteiger partial charge in [-0.05, 0) is 104 Å². The minimum absolute atomic E-state index is 0.0201. The Labute approximate surface area is 234 Å². The van der Waals surface area contributed by atoms with Crippen molar-refractivity contribution in [2.75, 3.05) is 0 Å². The maximum atomic E-state index is 12.9. The van der Waals surface area contributed by atoms with Gasteiger partial charge in [0.15, 0.2) is 0 Å². The summed E-state index contributed by atoms with van der Waals surface area (Å²) in [6.07, 6.45) is 9.99. The van der Waals surface area contributed by atoms with Crippen molar-refractivity contribution in [3.05, 3.63) is 11.6 Å². The van der Waals surface area contributed by atoms with E-state index in [1.165, 1.54) is 5.57 Å². The maximum absolute atomic E-state index is 12.9. The maximum Gasteiger partial charge on any atom is 0.317 e. The van der Waals surface area contributed by atoms with Crippen LogP contribution in [0.2, 0.25) is 0 Å². The van der Waals surface area contributed by atoms with E-state index in [1.807, 2.05) is 0 Å². The van der Waals surface area contributed by atoms with Crippen molar-refractivity contribution in [3.63, 3.8) is 0 Å². The number of esters is 1. The van der Waals surface area contributed by atoms with Gasteiger partial charge in [0.25, 0.3) is 0 Å². The first-order valence-electron chi connectivity index (χ1n) is 15.4. The molecule has 4 fully saturated rings. The molecular weight excluding hydrogens is 492 g/mol. The summed E-state index contributed by atoms with van der Waals surface area (Å²) < 4.78 is 5.81. The highest BCUT2D eigenvalue weighted by molar-refractivity contribution is 5.90. The Morgan fingerprint density at radius 1 is 0.897 bits per heavy atom. The molecule has 0 bridgehead atoms. The molecule has 0 aromatic carbocycles. The van der Waals surface area contributed by atoms with Crippen LogP contribution in [0.25, 0.3) is 0 Å². The van der Waals surface area contributed by atoms with Crippen molar-refractivity contribution in [3.8, 4) is 0 Å². The molecule has 0 aromatic rings. The lowest BCUT2D eigenvalue weighted by Crippen LogP contribution is -2.65. The lowest BCUT2D eigenvalue weighted by Gasteiger charge is -2.71. The lowest BCUT2D eigenvalue weighted by molar-refractivity contribution is -0.214. The summed E-state index contributed by atoms with van der Waals surface area (Å²) in [4.78, 5) is 36.3. The van der Waals surface area contributed by atoms with Gasteiger partial charge in [-0.2, -0.15) is 0 Å². The number of carbonyl (C=O) groups excluding carboxylic acids is 1. The number of hydrogen-bond donors (Lipinski definition) is 2. The molecule has 0 heterocycles. The number of fused-ring (bicyclic) bond motifs is 7. The molecule has 39 heavy (non-hydrogen) atoms. The molecule has 4 unspecified atom stereocenters. The first-order valence-corrected chi connectivity index (χ1v) is 15.4. The van der Waals surface area contributed by atoms with Crippen LogP contribution in [0.1, 0.15) is 113 Å². The number of rotatable bonds is 4. The highest BCUT2D eigenvalue weighted by Gasteiger charge is 2.69. The molecule has 0 radical (unpaired) electrons. The van der Waals surface area contributed by atoms with E-state index in [4.69, 9.17) is 9.84 Å². The van der Waals surface area contributed by atoms with Crippen LogP contribution in [-0.2, 0) is 19.1 Å². The minimum Gasteiger partial charge on any atom is -0.481 e. The zero-order valence-corrected chi connectivity index (χ0v) is 25.1. The van der Waals surface area contributed by atoms with Gasteiger partial charge in [0, 0.05) is 5.41 Å². The van der Waals surface area contributed by atoms with Crippen LogP contribution < -0.4 is 0 Å². The number of hydrogen-bond acceptors (Lipinski definition) is 4. The Bertz CT molecular complexity index is 1090. The van der Waals surface area contributed by atoms with Crippen LogP contribution in [-0.4, -0.2) is 34.2 Å². The number of ether oxygens (including phenoxy) is 1. The largest absolute Gasteiger partial charge is 0.481 e. The molecule has 6 heteroatoms. The molecule has 5 aliphatic carbocycles. The number of allylic oxidation sites excluding steroid dienone is 2. The molecule has 218 valence electrons. The standard InChI is InChI=1S/C33H50O6/c1-19-10-15-33(28(37)38)17-16-31(6)21(27(33)20(19)2)8-9-23-30(5)13-12-24(39-26(36)18-25(34)35)29(3,4)22(30)11-14-32(23,31)7/h8,19-20,22-24,27H,9-18H2,1-7H3,(H,34,35)(H,37,38)/t19-,20+,22?,23?,24?,27?,30+,31-,32-,33+/m1/s1. The predicted octanol–water partition coefficient (Wildman–Crippen LogP) is 7.12. The molecule has 2 N–H and O–H groups in total. The number of carboxylic acids is 2. The van der Waals surface area contributed by atoms with Crippen LogP contribution in [0.5, 0.6) is 0 Å². The van der Waals surface area contributed by atoms with E-state index in [-0.39, 0.29) is 33.7 Å². The van der Waals surface area contributed by atoms with Crippen LogP contribution in [0.15, 0.2) is 11.6 Å². The molecule has 0 aromatic heterocycles. The third kappa shape index (κ3) is 3.81. The fourth-order valence-corrected chi connectivity index (χ4v) is 11.4. The Morgan fingerprint density at radius 3 is 2.23 bits per heavy atom. The zero-order valence-electron chi connectivity index (χ0n) is 25.1. The van der Waals surface area contributed by atoms with Crippen molar-refractivity contribution in [2.24, 2.45) is 56.7 Å². The fraction of sp³-hybridized carbons (Fsp3) is 0.848. The summed E-state index contributed by atoms with van der Waals surface area (Å²) in [5.41, 5.74) is 0.716. The normalized spacial score (nSPS) is 48.3. The first kappa shape index (κ1) is 28.7. The molecular formula is C33H50O6. The molecule has 0 spiro atoms. The lowest BCUT2D eigenvalue weighted by atomic mass is 9.33. The highest BCUT2D eigenvalue weighted by Crippen LogP contribution is 2.75. The summed E-state index contributed by atoms with van der Waals surface area (Å²) in [5.74, 6) is -0.522. The van der Waals surface area contributed by atoms with Crippen molar-refractivity contribution in [2.45, 2.75) is 119 Å². The minimum atomic E-state index is -1.15. The van der Waals surface area contributed by atoms with Gasteiger partial charge >= 0.3 is 17.9 Å². The molecule has 10 atom stereocenters. The van der Waals surface area contributed by atoms with Gasteiger partial charge in [-0.25, -0.2) is 0 Å². The van der Waals surface area contributed by atoms with Gasteiger partial charge in [-0.15, -0.1) is 0 Å². The van der Waals surface area contributed by atoms with E-state index in [2.05, 4.69) is 54.5 Å². The van der Waals surface area contributed by atoms with Gasteiger partial charge in [0.05, 0.1) is 5.41 Å². The van der Waals surface area contributed by atoms with Crippen LogP contribution in [0.3, 0.4) is 0 Å². The van der Waals surface area contributed by atoms with Crippen molar-refractivity contribution in [1.82, 2.24) is 0 Å². The molecule has 0 saturated heterocycles. The smallest absolute Gasteiger partial charge is 0.317 e. The van der Waals surface area contributed by atoms with Gasteiger partial charge in [-0.1, -0.05) is 60.1 Å². The average molecular weight is 543 g/mol. The van der Waals surface area contributed by atoms with Crippen LogP contribution >= 0.6 is 0 Å². The summed E-state index contributed by atoms with van der Waals surface area (Å²) in [6, 6.07) is 0. The van der Waals surface area contributed by atoms with E-state index in [0.29, 0.717) is 23.7 Å². The number of aliphatic carboxylic acids is 2. The van der Waals surface area contributed by atoms with Crippen LogP contribution in [0.4, 0.5) is 0 Å². The summed E-state index contributed by atoms with van der Waals surface area (Å²) in [6.45, 7) is 16.5. The van der Waals surface area contributed by atoms with Crippen molar-refractivity contribution < 1.29 is 29.3 Å². The topological polar surface area (TPSA) is 101 Å². The molecule has 0 aliphatic heterocycles. The van der Waals surface area contributed by atoms with E-state index in [1.54, 1.807) is 0 Å².